The van der Waals surface area contributed by atoms with Crippen molar-refractivity contribution in [2.45, 2.75) is 71.6 Å². The normalized spacial score (nSPS) is 42.9. The first-order valence-corrected chi connectivity index (χ1v) is 11.8. The highest BCUT2D eigenvalue weighted by Crippen LogP contribution is 2.66. The van der Waals surface area contributed by atoms with Crippen LogP contribution in [0.1, 0.15) is 77.2 Å². The summed E-state index contributed by atoms with van der Waals surface area (Å²) in [4.78, 5) is 13.0. The van der Waals surface area contributed by atoms with Gasteiger partial charge in [0.1, 0.15) is 5.75 Å². The molecule has 1 aromatic rings. The Kier molecular flexibility index (Phi) is 4.68. The lowest BCUT2D eigenvalue weighted by atomic mass is 9.45. The molecular weight excluding hydrogens is 356 g/mol. The molecule has 0 heterocycles. The fourth-order valence-corrected chi connectivity index (χ4v) is 8.04. The number of methoxy groups -OCH3 is 1. The summed E-state index contributed by atoms with van der Waals surface area (Å²) in [7, 11) is 1.69. The van der Waals surface area contributed by atoms with Crippen LogP contribution in [-0.2, 0) is 4.79 Å². The summed E-state index contributed by atoms with van der Waals surface area (Å²) in [6.07, 6.45) is 13.7. The number of allylic oxidation sites excluding steroid dienone is 1. The Bertz CT molecular complexity index is 821. The zero-order valence-corrected chi connectivity index (χ0v) is 18.4. The minimum atomic E-state index is 0.305. The van der Waals surface area contributed by atoms with E-state index in [0.717, 1.165) is 47.5 Å². The molecule has 4 saturated carbocycles. The van der Waals surface area contributed by atoms with Gasteiger partial charge in [0.15, 0.2) is 5.78 Å². The van der Waals surface area contributed by atoms with Crippen LogP contribution in [0, 0.1) is 34.5 Å². The van der Waals surface area contributed by atoms with Crippen molar-refractivity contribution in [3.05, 3.63) is 35.4 Å². The highest BCUT2D eigenvalue weighted by atomic mass is 16.5. The van der Waals surface area contributed by atoms with E-state index in [1.54, 1.807) is 7.11 Å². The molecule has 4 aliphatic rings. The van der Waals surface area contributed by atoms with E-state index in [2.05, 4.69) is 32.1 Å². The largest absolute Gasteiger partial charge is 0.497 e. The van der Waals surface area contributed by atoms with Crippen LogP contribution >= 0.6 is 0 Å². The third-order valence-electron chi connectivity index (χ3n) is 9.66. The van der Waals surface area contributed by atoms with Crippen LogP contribution in [0.3, 0.4) is 0 Å². The number of ketones is 1. The van der Waals surface area contributed by atoms with E-state index in [1.807, 2.05) is 12.1 Å². The third kappa shape index (κ3) is 3.09. The summed E-state index contributed by atoms with van der Waals surface area (Å²) < 4.78 is 5.28. The average Bonchev–Trinajstić information content (AvgIpc) is 3.11. The quantitative estimate of drug-likeness (QED) is 0.524. The first-order valence-electron chi connectivity index (χ1n) is 11.8. The Balaban J connectivity index is 1.43. The van der Waals surface area contributed by atoms with Gasteiger partial charge in [-0.05, 0) is 109 Å². The third-order valence-corrected chi connectivity index (χ3v) is 9.66. The summed E-state index contributed by atoms with van der Waals surface area (Å²) >= 11 is 0. The first kappa shape index (κ1) is 19.4. The van der Waals surface area contributed by atoms with E-state index < -0.39 is 0 Å². The summed E-state index contributed by atoms with van der Waals surface area (Å²) in [5, 5.41) is 0. The van der Waals surface area contributed by atoms with E-state index in [-0.39, 0.29) is 0 Å². The van der Waals surface area contributed by atoms with Crippen LogP contribution in [0.5, 0.6) is 5.75 Å². The smallest absolute Gasteiger partial charge is 0.159 e. The van der Waals surface area contributed by atoms with E-state index in [0.29, 0.717) is 22.5 Å². The zero-order chi connectivity index (χ0) is 20.2. The number of hydrogen-bond donors (Lipinski definition) is 0. The molecule has 0 bridgehead atoms. The summed E-state index contributed by atoms with van der Waals surface area (Å²) in [5.41, 5.74) is 3.10. The van der Waals surface area contributed by atoms with Crippen molar-refractivity contribution < 1.29 is 9.53 Å². The Hall–Kier alpha value is -1.57. The van der Waals surface area contributed by atoms with Crippen molar-refractivity contribution in [2.24, 2.45) is 34.5 Å². The second-order valence-corrected chi connectivity index (χ2v) is 11.0. The fourth-order valence-electron chi connectivity index (χ4n) is 8.04. The van der Waals surface area contributed by atoms with Crippen LogP contribution in [0.2, 0.25) is 0 Å². The van der Waals surface area contributed by atoms with Crippen molar-refractivity contribution in [2.75, 3.05) is 7.11 Å². The van der Waals surface area contributed by atoms with E-state index in [1.165, 1.54) is 44.9 Å². The molecule has 0 aliphatic heterocycles. The molecule has 0 spiro atoms. The molecule has 2 nitrogen and oxygen atoms in total. The van der Waals surface area contributed by atoms with Crippen molar-refractivity contribution >= 4 is 11.9 Å². The molecule has 0 unspecified atom stereocenters. The van der Waals surface area contributed by atoms with E-state index in [4.69, 9.17) is 4.74 Å². The van der Waals surface area contributed by atoms with Crippen LogP contribution in [-0.4, -0.2) is 12.9 Å². The number of benzene rings is 1. The van der Waals surface area contributed by atoms with Crippen LogP contribution in [0.15, 0.2) is 29.8 Å². The molecule has 0 amide bonds. The summed E-state index contributed by atoms with van der Waals surface area (Å²) in [6, 6.07) is 8.12. The van der Waals surface area contributed by atoms with Gasteiger partial charge in [-0.25, -0.2) is 0 Å². The maximum atomic E-state index is 13.0. The predicted octanol–water partition coefficient (Wildman–Crippen LogP) is 6.69. The SMILES string of the molecule is COc1ccc(/C=C2/C[C@@]3(C)[C@@H](CC[C@@H]4[C@H]5CCC[C@@]5(C)CC[C@H]43)CC2=O)cc1. The Morgan fingerprint density at radius 3 is 2.55 bits per heavy atom. The number of carbonyl (C=O) groups is 1. The van der Waals surface area contributed by atoms with E-state index in [9.17, 15) is 4.79 Å². The Morgan fingerprint density at radius 1 is 1.00 bits per heavy atom. The number of Topliss-reactive ketones (excluding diaryl/α,β-unsaturated/α-hetero) is 1. The van der Waals surface area contributed by atoms with Crippen molar-refractivity contribution in [3.63, 3.8) is 0 Å². The van der Waals surface area contributed by atoms with Gasteiger partial charge in [0, 0.05) is 6.42 Å². The lowest BCUT2D eigenvalue weighted by molar-refractivity contribution is -0.130. The van der Waals surface area contributed by atoms with E-state index >= 15 is 0 Å². The molecule has 0 radical (unpaired) electrons. The maximum absolute atomic E-state index is 13.0. The average molecular weight is 393 g/mol. The number of fused-ring (bicyclic) bond motifs is 5. The molecule has 0 saturated heterocycles. The van der Waals surface area contributed by atoms with Gasteiger partial charge in [-0.1, -0.05) is 32.4 Å². The lowest BCUT2D eigenvalue weighted by Crippen LogP contribution is -2.53. The summed E-state index contributed by atoms with van der Waals surface area (Å²) in [6.45, 7) is 5.12. The Morgan fingerprint density at radius 2 is 1.79 bits per heavy atom. The topological polar surface area (TPSA) is 26.3 Å². The summed E-state index contributed by atoms with van der Waals surface area (Å²) in [5.74, 6) is 4.49. The first-order chi connectivity index (χ1) is 13.9. The van der Waals surface area contributed by atoms with Crippen LogP contribution in [0.4, 0.5) is 0 Å². The second-order valence-electron chi connectivity index (χ2n) is 11.0. The number of hydrogen-bond acceptors (Lipinski definition) is 2. The molecule has 29 heavy (non-hydrogen) atoms. The fraction of sp³-hybridized carbons (Fsp3) is 0.667. The van der Waals surface area contributed by atoms with Gasteiger partial charge in [-0.2, -0.15) is 0 Å². The van der Waals surface area contributed by atoms with Crippen LogP contribution in [0.25, 0.3) is 6.08 Å². The van der Waals surface area contributed by atoms with Gasteiger partial charge >= 0.3 is 0 Å². The van der Waals surface area contributed by atoms with Crippen LogP contribution < -0.4 is 4.74 Å². The highest BCUT2D eigenvalue weighted by Gasteiger charge is 2.58. The van der Waals surface area contributed by atoms with Crippen molar-refractivity contribution in [3.8, 4) is 5.75 Å². The Labute approximate surface area is 176 Å². The molecule has 156 valence electrons. The van der Waals surface area contributed by atoms with Crippen molar-refractivity contribution in [1.29, 1.82) is 0 Å². The minimum Gasteiger partial charge on any atom is -0.497 e. The van der Waals surface area contributed by atoms with Gasteiger partial charge in [-0.3, -0.25) is 4.79 Å². The molecule has 0 N–H and O–H groups in total. The van der Waals surface area contributed by atoms with Gasteiger partial charge in [0.2, 0.25) is 0 Å². The van der Waals surface area contributed by atoms with Crippen molar-refractivity contribution in [1.82, 2.24) is 0 Å². The number of ether oxygens (including phenoxy) is 1. The molecule has 0 aromatic heterocycles. The van der Waals surface area contributed by atoms with Gasteiger partial charge < -0.3 is 4.74 Å². The molecule has 6 atom stereocenters. The number of rotatable bonds is 2. The molecular formula is C27H36O2. The zero-order valence-electron chi connectivity index (χ0n) is 18.4. The maximum Gasteiger partial charge on any atom is 0.159 e. The second kappa shape index (κ2) is 7.00. The number of carbonyl (C=O) groups excluding carboxylic acids is 1. The molecule has 2 heteroatoms. The van der Waals surface area contributed by atoms with Gasteiger partial charge in [0.25, 0.3) is 0 Å². The van der Waals surface area contributed by atoms with Gasteiger partial charge in [0.05, 0.1) is 7.11 Å². The standard InChI is InChI=1S/C27H36O2/c1-26-13-4-5-23(26)22-11-8-20-16-25(28)19(17-27(20,2)24(22)12-14-26)15-18-6-9-21(29-3)10-7-18/h6-7,9-10,15,20,22-24H,4-5,8,11-14,16-17H2,1-3H3/b19-15-/t20-,22+,23+,24+,26-,27-/m0/s1. The van der Waals surface area contributed by atoms with Gasteiger partial charge in [-0.15, -0.1) is 0 Å². The predicted molar refractivity (Wildman–Crippen MR) is 118 cm³/mol. The highest BCUT2D eigenvalue weighted by molar-refractivity contribution is 6.00. The molecule has 4 aliphatic carbocycles. The molecule has 5 rings (SSSR count). The minimum absolute atomic E-state index is 0.305. The molecule has 4 fully saturated rings. The monoisotopic (exact) mass is 392 g/mol. The lowest BCUT2D eigenvalue weighted by Gasteiger charge is -2.60. The molecule has 1 aromatic carbocycles.